The Balaban J connectivity index is 1.56. The third-order valence-corrected chi connectivity index (χ3v) is 5.96. The van der Waals surface area contributed by atoms with Crippen molar-refractivity contribution in [3.05, 3.63) is 80.8 Å². The minimum atomic E-state index is -0.235. The van der Waals surface area contributed by atoms with Crippen LogP contribution in [-0.4, -0.2) is 31.9 Å². The summed E-state index contributed by atoms with van der Waals surface area (Å²) in [6, 6.07) is 7.98. The molecule has 2 aromatic heterocycles. The molecule has 1 amide bonds. The first-order valence-electron chi connectivity index (χ1n) is 9.77. The summed E-state index contributed by atoms with van der Waals surface area (Å²) in [7, 11) is 0. The molecule has 6 heteroatoms. The van der Waals surface area contributed by atoms with Crippen LogP contribution in [0.4, 0.5) is 0 Å². The van der Waals surface area contributed by atoms with Crippen LogP contribution in [0, 0.1) is 6.92 Å². The second-order valence-electron chi connectivity index (χ2n) is 7.62. The third-order valence-electron chi connectivity index (χ3n) is 5.96. The number of hydrogen-bond donors (Lipinski definition) is 1. The van der Waals surface area contributed by atoms with Crippen molar-refractivity contribution in [2.24, 2.45) is 0 Å². The van der Waals surface area contributed by atoms with Crippen LogP contribution >= 0.6 is 0 Å². The van der Waals surface area contributed by atoms with E-state index in [9.17, 15) is 9.59 Å². The summed E-state index contributed by atoms with van der Waals surface area (Å²) in [5.74, 6) is -0.204. The van der Waals surface area contributed by atoms with Gasteiger partial charge in [-0.25, -0.2) is 4.98 Å². The van der Waals surface area contributed by atoms with Gasteiger partial charge < -0.3 is 9.88 Å². The van der Waals surface area contributed by atoms with Crippen LogP contribution in [0.2, 0.25) is 0 Å². The molecule has 2 aliphatic rings. The summed E-state index contributed by atoms with van der Waals surface area (Å²) in [4.78, 5) is 35.8. The van der Waals surface area contributed by atoms with E-state index in [-0.39, 0.29) is 17.0 Å². The van der Waals surface area contributed by atoms with Gasteiger partial charge in [-0.1, -0.05) is 12.1 Å². The Morgan fingerprint density at radius 1 is 1.18 bits per heavy atom. The summed E-state index contributed by atoms with van der Waals surface area (Å²) >= 11 is 0. The van der Waals surface area contributed by atoms with Crippen molar-refractivity contribution in [2.75, 3.05) is 6.54 Å². The molecule has 3 aromatic rings. The average molecular weight is 374 g/mol. The highest BCUT2D eigenvalue weighted by Gasteiger charge is 2.27. The van der Waals surface area contributed by atoms with Crippen molar-refractivity contribution in [3.63, 3.8) is 0 Å². The number of amides is 1. The third kappa shape index (κ3) is 2.59. The van der Waals surface area contributed by atoms with Crippen molar-refractivity contribution in [1.29, 1.82) is 0 Å². The van der Waals surface area contributed by atoms with E-state index in [1.807, 2.05) is 25.1 Å². The lowest BCUT2D eigenvalue weighted by atomic mass is 10.1. The van der Waals surface area contributed by atoms with Crippen LogP contribution in [-0.2, 0) is 25.8 Å². The number of aromatic amines is 1. The van der Waals surface area contributed by atoms with Crippen LogP contribution in [0.25, 0.3) is 5.69 Å². The number of aryl methyl sites for hydroxylation is 2. The normalized spacial score (nSPS) is 15.4. The van der Waals surface area contributed by atoms with Gasteiger partial charge in [0.05, 0.1) is 29.9 Å². The monoisotopic (exact) mass is 374 g/mol. The summed E-state index contributed by atoms with van der Waals surface area (Å²) in [5.41, 5.74) is 6.15. The van der Waals surface area contributed by atoms with Crippen molar-refractivity contribution in [3.8, 4) is 5.69 Å². The van der Waals surface area contributed by atoms with Gasteiger partial charge in [-0.3, -0.25) is 14.2 Å². The van der Waals surface area contributed by atoms with E-state index in [1.165, 1.54) is 11.1 Å². The number of aromatic nitrogens is 3. The Kier molecular flexibility index (Phi) is 3.93. The highest BCUT2D eigenvalue weighted by atomic mass is 16.2. The first kappa shape index (κ1) is 17.0. The highest BCUT2D eigenvalue weighted by Crippen LogP contribution is 2.27. The quantitative estimate of drug-likeness (QED) is 0.749. The number of nitrogens with one attached hydrogen (secondary N) is 1. The molecule has 0 unspecified atom stereocenters. The molecular formula is C22H22N4O2. The highest BCUT2D eigenvalue weighted by molar-refractivity contribution is 5.95. The maximum absolute atomic E-state index is 13.4. The summed E-state index contributed by atoms with van der Waals surface area (Å²) in [6.07, 6.45) is 7.30. The van der Waals surface area contributed by atoms with Gasteiger partial charge in [-0.2, -0.15) is 0 Å². The number of carbonyl (C=O) groups is 1. The molecule has 0 atom stereocenters. The van der Waals surface area contributed by atoms with Crippen LogP contribution in [0.15, 0.2) is 41.6 Å². The zero-order valence-electron chi connectivity index (χ0n) is 15.9. The summed E-state index contributed by atoms with van der Waals surface area (Å²) < 4.78 is 1.65. The Labute approximate surface area is 162 Å². The molecule has 1 N–H and O–H groups in total. The minimum absolute atomic E-state index is 0.204. The second-order valence-corrected chi connectivity index (χ2v) is 7.62. The Hall–Kier alpha value is -3.15. The lowest BCUT2D eigenvalue weighted by Gasteiger charge is -2.27. The smallest absolute Gasteiger partial charge is 0.268 e. The first-order valence-corrected chi connectivity index (χ1v) is 9.77. The number of pyridine rings is 1. The van der Waals surface area contributed by atoms with Gasteiger partial charge in [-0.05, 0) is 55.0 Å². The SMILES string of the molecule is Cc1ccn(-c2cccc3c2CCC3)c(=O)c1C(=O)N1CCc2nc[nH]c2C1. The van der Waals surface area contributed by atoms with Gasteiger partial charge in [0.2, 0.25) is 0 Å². The summed E-state index contributed by atoms with van der Waals surface area (Å²) in [5, 5.41) is 0. The van der Waals surface area contributed by atoms with Crippen LogP contribution in [0.3, 0.4) is 0 Å². The number of nitrogens with zero attached hydrogens (tertiary/aromatic N) is 3. The maximum atomic E-state index is 13.4. The first-order chi connectivity index (χ1) is 13.6. The zero-order chi connectivity index (χ0) is 19.3. The van der Waals surface area contributed by atoms with Gasteiger partial charge >= 0.3 is 0 Å². The molecule has 0 saturated heterocycles. The fourth-order valence-corrected chi connectivity index (χ4v) is 4.45. The van der Waals surface area contributed by atoms with E-state index >= 15 is 0 Å². The molecule has 1 aliphatic carbocycles. The van der Waals surface area contributed by atoms with Gasteiger partial charge in [0.25, 0.3) is 11.5 Å². The van der Waals surface area contributed by atoms with E-state index in [2.05, 4.69) is 16.0 Å². The molecule has 6 nitrogen and oxygen atoms in total. The number of benzene rings is 1. The van der Waals surface area contributed by atoms with Gasteiger partial charge in [0, 0.05) is 19.2 Å². The van der Waals surface area contributed by atoms with Gasteiger partial charge in [0.1, 0.15) is 5.56 Å². The molecule has 1 aliphatic heterocycles. The topological polar surface area (TPSA) is 71.0 Å². The van der Waals surface area contributed by atoms with E-state index in [1.54, 1.807) is 22.0 Å². The van der Waals surface area contributed by atoms with Crippen molar-refractivity contribution >= 4 is 5.91 Å². The largest absolute Gasteiger partial charge is 0.347 e. The maximum Gasteiger partial charge on any atom is 0.268 e. The number of hydrogen-bond acceptors (Lipinski definition) is 3. The lowest BCUT2D eigenvalue weighted by molar-refractivity contribution is 0.0729. The Bertz CT molecular complexity index is 1140. The van der Waals surface area contributed by atoms with Crippen molar-refractivity contribution in [1.82, 2.24) is 19.4 Å². The molecule has 3 heterocycles. The number of rotatable bonds is 2. The van der Waals surface area contributed by atoms with Crippen LogP contribution in [0.1, 0.15) is 44.9 Å². The molecule has 0 radical (unpaired) electrons. The predicted molar refractivity (Wildman–Crippen MR) is 106 cm³/mol. The van der Waals surface area contributed by atoms with E-state index in [0.29, 0.717) is 25.1 Å². The van der Waals surface area contributed by atoms with Crippen LogP contribution in [0.5, 0.6) is 0 Å². The average Bonchev–Trinajstić information content (AvgIpc) is 3.36. The zero-order valence-corrected chi connectivity index (χ0v) is 15.9. The van der Waals surface area contributed by atoms with Gasteiger partial charge in [0.15, 0.2) is 0 Å². The molecule has 0 fully saturated rings. The molecule has 0 bridgehead atoms. The van der Waals surface area contributed by atoms with Crippen LogP contribution < -0.4 is 5.56 Å². The van der Waals surface area contributed by atoms with Crippen molar-refractivity contribution in [2.45, 2.75) is 39.2 Å². The van der Waals surface area contributed by atoms with E-state index in [4.69, 9.17) is 0 Å². The molecule has 142 valence electrons. The van der Waals surface area contributed by atoms with Crippen molar-refractivity contribution < 1.29 is 4.79 Å². The molecular weight excluding hydrogens is 352 g/mol. The number of H-pyrrole nitrogens is 1. The molecule has 0 saturated carbocycles. The lowest BCUT2D eigenvalue weighted by Crippen LogP contribution is -2.40. The predicted octanol–water partition coefficient (Wildman–Crippen LogP) is 2.56. The second kappa shape index (κ2) is 6.48. The fraction of sp³-hybridized carbons (Fsp3) is 0.318. The number of imidazole rings is 1. The Morgan fingerprint density at radius 2 is 2.07 bits per heavy atom. The number of fused-ring (bicyclic) bond motifs is 2. The standard InChI is InChI=1S/C22H22N4O2/c1-14-8-11-26(19-7-3-5-15-4-2-6-16(15)19)22(28)20(14)21(27)25-10-9-17-18(12-25)24-13-23-17/h3,5,7-8,11,13H,2,4,6,9-10,12H2,1H3,(H,23,24). The van der Waals surface area contributed by atoms with E-state index in [0.717, 1.165) is 36.3 Å². The summed E-state index contributed by atoms with van der Waals surface area (Å²) in [6.45, 7) is 2.87. The molecule has 0 spiro atoms. The van der Waals surface area contributed by atoms with Gasteiger partial charge in [-0.15, -0.1) is 0 Å². The minimum Gasteiger partial charge on any atom is -0.347 e. The Morgan fingerprint density at radius 3 is 2.96 bits per heavy atom. The number of carbonyl (C=O) groups excluding carboxylic acids is 1. The van der Waals surface area contributed by atoms with E-state index < -0.39 is 0 Å². The molecule has 5 rings (SSSR count). The molecule has 28 heavy (non-hydrogen) atoms. The fourth-order valence-electron chi connectivity index (χ4n) is 4.45. The molecule has 1 aromatic carbocycles.